The van der Waals surface area contributed by atoms with Crippen molar-refractivity contribution in [2.75, 3.05) is 13.7 Å². The van der Waals surface area contributed by atoms with Gasteiger partial charge >= 0.3 is 0 Å². The van der Waals surface area contributed by atoms with E-state index in [1.54, 1.807) is 7.11 Å². The highest BCUT2D eigenvalue weighted by molar-refractivity contribution is 5.39. The van der Waals surface area contributed by atoms with Crippen LogP contribution in [-0.2, 0) is 6.61 Å². The van der Waals surface area contributed by atoms with E-state index in [0.29, 0.717) is 6.61 Å². The van der Waals surface area contributed by atoms with Crippen LogP contribution in [0.25, 0.3) is 0 Å². The second-order valence-corrected chi connectivity index (χ2v) is 4.75. The predicted molar refractivity (Wildman–Crippen MR) is 77.8 cm³/mol. The third-order valence-corrected chi connectivity index (χ3v) is 3.19. The summed E-state index contributed by atoms with van der Waals surface area (Å²) in [6.45, 7) is 2.91. The maximum atomic E-state index is 9.30. The summed E-state index contributed by atoms with van der Waals surface area (Å²) in [4.78, 5) is 0. The van der Waals surface area contributed by atoms with E-state index >= 15 is 0 Å². The molecule has 1 aromatic carbocycles. The van der Waals surface area contributed by atoms with E-state index in [-0.39, 0.29) is 6.61 Å². The van der Waals surface area contributed by atoms with Crippen LogP contribution in [-0.4, -0.2) is 18.8 Å². The van der Waals surface area contributed by atoms with Crippen LogP contribution in [0.15, 0.2) is 18.2 Å². The molecule has 1 aromatic rings. The monoisotopic (exact) mass is 266 g/mol. The number of rotatable bonds is 10. The van der Waals surface area contributed by atoms with Gasteiger partial charge in [0.2, 0.25) is 0 Å². The van der Waals surface area contributed by atoms with E-state index in [1.165, 1.54) is 32.1 Å². The molecule has 3 nitrogen and oxygen atoms in total. The fraction of sp³-hybridized carbons (Fsp3) is 0.625. The van der Waals surface area contributed by atoms with Gasteiger partial charge in [-0.15, -0.1) is 0 Å². The summed E-state index contributed by atoms with van der Waals surface area (Å²) in [7, 11) is 1.62. The quantitative estimate of drug-likeness (QED) is 0.652. The summed E-state index contributed by atoms with van der Waals surface area (Å²) in [5.74, 6) is 1.51. The maximum Gasteiger partial charge on any atom is 0.125 e. The lowest BCUT2D eigenvalue weighted by Crippen LogP contribution is -2.01. The van der Waals surface area contributed by atoms with E-state index in [0.717, 1.165) is 23.5 Å². The van der Waals surface area contributed by atoms with E-state index in [9.17, 15) is 5.11 Å². The van der Waals surface area contributed by atoms with Crippen molar-refractivity contribution in [2.24, 2.45) is 0 Å². The van der Waals surface area contributed by atoms with E-state index < -0.39 is 0 Å². The number of ether oxygens (including phenoxy) is 2. The Labute approximate surface area is 116 Å². The second-order valence-electron chi connectivity index (χ2n) is 4.75. The normalized spacial score (nSPS) is 10.5. The number of aliphatic hydroxyl groups excluding tert-OH is 1. The lowest BCUT2D eigenvalue weighted by Gasteiger charge is -2.11. The summed E-state index contributed by atoms with van der Waals surface area (Å²) in [6, 6.07) is 5.54. The van der Waals surface area contributed by atoms with E-state index in [2.05, 4.69) is 6.92 Å². The van der Waals surface area contributed by atoms with Crippen LogP contribution in [0.4, 0.5) is 0 Å². The van der Waals surface area contributed by atoms with Gasteiger partial charge in [0.05, 0.1) is 20.3 Å². The standard InChI is InChI=1S/C16H26O3/c1-3-4-5-6-7-8-11-19-16-10-9-15(18-2)12-14(16)13-17/h9-10,12,17H,3-8,11,13H2,1-2H3. The molecule has 0 amide bonds. The minimum atomic E-state index is -0.0248. The molecule has 0 saturated heterocycles. The number of methoxy groups -OCH3 is 1. The number of benzene rings is 1. The van der Waals surface area contributed by atoms with Gasteiger partial charge in [-0.05, 0) is 24.6 Å². The first-order valence-corrected chi connectivity index (χ1v) is 7.22. The van der Waals surface area contributed by atoms with Crippen molar-refractivity contribution >= 4 is 0 Å². The highest BCUT2D eigenvalue weighted by atomic mass is 16.5. The van der Waals surface area contributed by atoms with Crippen molar-refractivity contribution in [1.29, 1.82) is 0 Å². The van der Waals surface area contributed by atoms with Crippen LogP contribution in [0.5, 0.6) is 11.5 Å². The molecular weight excluding hydrogens is 240 g/mol. The zero-order valence-electron chi connectivity index (χ0n) is 12.2. The van der Waals surface area contributed by atoms with Crippen molar-refractivity contribution in [2.45, 2.75) is 52.1 Å². The van der Waals surface area contributed by atoms with Crippen LogP contribution in [0.1, 0.15) is 51.0 Å². The summed E-state index contributed by atoms with van der Waals surface area (Å²) in [6.07, 6.45) is 7.50. The summed E-state index contributed by atoms with van der Waals surface area (Å²) >= 11 is 0. The molecule has 0 aromatic heterocycles. The molecule has 0 atom stereocenters. The minimum Gasteiger partial charge on any atom is -0.497 e. The average Bonchev–Trinajstić information content (AvgIpc) is 2.46. The third kappa shape index (κ3) is 5.97. The maximum absolute atomic E-state index is 9.30. The van der Waals surface area contributed by atoms with Gasteiger partial charge in [0.25, 0.3) is 0 Å². The Kier molecular flexibility index (Phi) is 8.07. The van der Waals surface area contributed by atoms with Gasteiger partial charge in [0.15, 0.2) is 0 Å². The molecule has 1 N–H and O–H groups in total. The molecular formula is C16H26O3. The minimum absolute atomic E-state index is 0.0248. The smallest absolute Gasteiger partial charge is 0.125 e. The Morgan fingerprint density at radius 1 is 1.05 bits per heavy atom. The lowest BCUT2D eigenvalue weighted by atomic mass is 10.1. The van der Waals surface area contributed by atoms with Crippen LogP contribution in [0.3, 0.4) is 0 Å². The van der Waals surface area contributed by atoms with Gasteiger partial charge in [-0.25, -0.2) is 0 Å². The Morgan fingerprint density at radius 3 is 2.47 bits per heavy atom. The van der Waals surface area contributed by atoms with Gasteiger partial charge in [0.1, 0.15) is 11.5 Å². The van der Waals surface area contributed by atoms with Crippen molar-refractivity contribution < 1.29 is 14.6 Å². The van der Waals surface area contributed by atoms with Gasteiger partial charge in [-0.2, -0.15) is 0 Å². The molecule has 0 aliphatic carbocycles. The SMILES string of the molecule is CCCCCCCCOc1ccc(OC)cc1CO. The zero-order chi connectivity index (χ0) is 13.9. The van der Waals surface area contributed by atoms with Gasteiger partial charge < -0.3 is 14.6 Å². The van der Waals surface area contributed by atoms with Crippen molar-refractivity contribution in [3.63, 3.8) is 0 Å². The topological polar surface area (TPSA) is 38.7 Å². The fourth-order valence-electron chi connectivity index (χ4n) is 2.01. The van der Waals surface area contributed by atoms with Crippen molar-refractivity contribution in [3.8, 4) is 11.5 Å². The molecule has 0 saturated carbocycles. The van der Waals surface area contributed by atoms with Crippen LogP contribution >= 0.6 is 0 Å². The number of aliphatic hydroxyl groups is 1. The first-order valence-electron chi connectivity index (χ1n) is 7.22. The molecule has 0 aliphatic rings. The number of hydrogen-bond acceptors (Lipinski definition) is 3. The first-order chi connectivity index (χ1) is 9.31. The van der Waals surface area contributed by atoms with Gasteiger partial charge in [0, 0.05) is 5.56 Å². The Balaban J connectivity index is 2.28. The highest BCUT2D eigenvalue weighted by Crippen LogP contribution is 2.24. The Hall–Kier alpha value is -1.22. The molecule has 19 heavy (non-hydrogen) atoms. The molecule has 0 unspecified atom stereocenters. The molecule has 0 radical (unpaired) electrons. The molecule has 0 spiro atoms. The molecule has 0 aliphatic heterocycles. The van der Waals surface area contributed by atoms with Gasteiger partial charge in [-0.3, -0.25) is 0 Å². The second kappa shape index (κ2) is 9.68. The number of hydrogen-bond donors (Lipinski definition) is 1. The third-order valence-electron chi connectivity index (χ3n) is 3.19. The van der Waals surface area contributed by atoms with E-state index in [4.69, 9.17) is 9.47 Å². The highest BCUT2D eigenvalue weighted by Gasteiger charge is 2.04. The molecule has 0 heterocycles. The fourth-order valence-corrected chi connectivity index (χ4v) is 2.01. The molecule has 108 valence electrons. The predicted octanol–water partition coefficient (Wildman–Crippen LogP) is 3.93. The summed E-state index contributed by atoms with van der Waals surface area (Å²) in [5.41, 5.74) is 0.783. The molecule has 1 rings (SSSR count). The van der Waals surface area contributed by atoms with Gasteiger partial charge in [-0.1, -0.05) is 39.0 Å². The lowest BCUT2D eigenvalue weighted by molar-refractivity contribution is 0.259. The van der Waals surface area contributed by atoms with Crippen LogP contribution in [0, 0.1) is 0 Å². The first kappa shape index (κ1) is 15.8. The zero-order valence-corrected chi connectivity index (χ0v) is 12.2. The summed E-state index contributed by atoms with van der Waals surface area (Å²) < 4.78 is 10.8. The Bertz CT molecular complexity index is 350. The van der Waals surface area contributed by atoms with Crippen LogP contribution in [0.2, 0.25) is 0 Å². The molecule has 0 bridgehead atoms. The molecule has 0 fully saturated rings. The Morgan fingerprint density at radius 2 is 1.79 bits per heavy atom. The summed E-state index contributed by atoms with van der Waals surface area (Å²) in [5, 5.41) is 9.30. The van der Waals surface area contributed by atoms with E-state index in [1.807, 2.05) is 18.2 Å². The van der Waals surface area contributed by atoms with Crippen molar-refractivity contribution in [1.82, 2.24) is 0 Å². The number of unbranched alkanes of at least 4 members (excludes halogenated alkanes) is 5. The van der Waals surface area contributed by atoms with Crippen molar-refractivity contribution in [3.05, 3.63) is 23.8 Å². The van der Waals surface area contributed by atoms with Crippen LogP contribution < -0.4 is 9.47 Å². The molecule has 3 heteroatoms. The largest absolute Gasteiger partial charge is 0.497 e. The average molecular weight is 266 g/mol.